The second-order valence-corrected chi connectivity index (χ2v) is 9.25. The molecule has 1 aromatic carbocycles. The lowest BCUT2D eigenvalue weighted by atomic mass is 9.77. The zero-order valence-corrected chi connectivity index (χ0v) is 18.5. The summed E-state index contributed by atoms with van der Waals surface area (Å²) < 4.78 is 27.4. The van der Waals surface area contributed by atoms with E-state index in [0.717, 1.165) is 37.4 Å². The van der Waals surface area contributed by atoms with Crippen molar-refractivity contribution in [2.75, 3.05) is 11.9 Å². The van der Waals surface area contributed by atoms with Gasteiger partial charge in [-0.3, -0.25) is 9.78 Å². The molecule has 6 nitrogen and oxygen atoms in total. The predicted molar refractivity (Wildman–Crippen MR) is 120 cm³/mol. The van der Waals surface area contributed by atoms with Gasteiger partial charge in [-0.15, -0.1) is 0 Å². The molecular formula is C24H32F2N4O2. The number of nitrogens with zero attached hydrogens (tertiary/aromatic N) is 1. The van der Waals surface area contributed by atoms with E-state index < -0.39 is 29.3 Å². The lowest BCUT2D eigenvalue weighted by Gasteiger charge is -2.34. The van der Waals surface area contributed by atoms with Gasteiger partial charge in [-0.25, -0.2) is 8.78 Å². The Hall–Kier alpha value is -2.58. The quantitative estimate of drug-likeness (QED) is 0.466. The molecule has 1 fully saturated rings. The summed E-state index contributed by atoms with van der Waals surface area (Å²) >= 11 is 0. The molecule has 0 spiro atoms. The van der Waals surface area contributed by atoms with Crippen LogP contribution in [0.15, 0.2) is 42.7 Å². The molecule has 0 bridgehead atoms. The molecule has 1 aromatic heterocycles. The van der Waals surface area contributed by atoms with Gasteiger partial charge in [0.2, 0.25) is 5.91 Å². The minimum atomic E-state index is -0.715. The molecule has 0 aliphatic heterocycles. The smallest absolute Gasteiger partial charge is 0.237 e. The molecule has 32 heavy (non-hydrogen) atoms. The van der Waals surface area contributed by atoms with E-state index in [1.807, 2.05) is 0 Å². The molecule has 0 saturated heterocycles. The van der Waals surface area contributed by atoms with Crippen LogP contribution in [0.1, 0.15) is 45.1 Å². The van der Waals surface area contributed by atoms with Crippen LogP contribution in [0.5, 0.6) is 0 Å². The van der Waals surface area contributed by atoms with Crippen LogP contribution in [-0.4, -0.2) is 34.8 Å². The van der Waals surface area contributed by atoms with E-state index in [-0.39, 0.29) is 24.3 Å². The SMILES string of the molecule is CC(C)(CNC(=O)C(N)C1CCC(C(O)Nc2ccncc2)CC1)c1ccc(F)cc1F. The van der Waals surface area contributed by atoms with Gasteiger partial charge in [-0.05, 0) is 55.4 Å². The maximum atomic E-state index is 14.2. The number of halogens is 2. The number of carbonyl (C=O) groups excluding carboxylic acids is 1. The van der Waals surface area contributed by atoms with Crippen molar-refractivity contribution in [3.8, 4) is 0 Å². The summed E-state index contributed by atoms with van der Waals surface area (Å²) in [6.07, 6.45) is 5.66. The molecule has 2 aromatic rings. The largest absolute Gasteiger partial charge is 0.374 e. The van der Waals surface area contributed by atoms with Crippen LogP contribution in [0.25, 0.3) is 0 Å². The van der Waals surface area contributed by atoms with E-state index in [1.165, 1.54) is 12.1 Å². The number of aliphatic hydroxyl groups is 1. The first-order chi connectivity index (χ1) is 15.2. The average Bonchev–Trinajstić information content (AvgIpc) is 2.77. The third-order valence-corrected chi connectivity index (χ3v) is 6.43. The molecule has 3 rings (SSSR count). The zero-order chi connectivity index (χ0) is 23.3. The van der Waals surface area contributed by atoms with E-state index in [9.17, 15) is 18.7 Å². The summed E-state index contributed by atoms with van der Waals surface area (Å²) in [4.78, 5) is 16.6. The average molecular weight is 447 g/mol. The first kappa shape index (κ1) is 24.1. The molecule has 1 aliphatic rings. The number of hydrogen-bond donors (Lipinski definition) is 4. The van der Waals surface area contributed by atoms with Crippen LogP contribution >= 0.6 is 0 Å². The summed E-state index contributed by atoms with van der Waals surface area (Å²) in [5, 5.41) is 16.4. The van der Waals surface area contributed by atoms with Crippen molar-refractivity contribution in [2.45, 2.75) is 57.2 Å². The number of amides is 1. The Balaban J connectivity index is 1.48. The van der Waals surface area contributed by atoms with E-state index in [2.05, 4.69) is 15.6 Å². The standard InChI is InChI=1S/C24H32F2N4O2/c1-24(2,19-8-7-17(25)13-20(19)26)14-29-23(32)21(27)15-3-5-16(6-4-15)22(31)30-18-9-11-28-12-10-18/h7-13,15-16,21-22,31H,3-6,14,27H2,1-2H3,(H,28,30)(H,29,32). The van der Waals surface area contributed by atoms with Crippen molar-refractivity contribution in [1.29, 1.82) is 0 Å². The Morgan fingerprint density at radius 3 is 2.41 bits per heavy atom. The second kappa shape index (κ2) is 10.4. The summed E-state index contributed by atoms with van der Waals surface area (Å²) in [5.41, 5.74) is 6.67. The predicted octanol–water partition coefficient (Wildman–Crippen LogP) is 3.32. The van der Waals surface area contributed by atoms with Crippen LogP contribution in [0.2, 0.25) is 0 Å². The Bertz CT molecular complexity index is 902. The van der Waals surface area contributed by atoms with Crippen LogP contribution in [0.4, 0.5) is 14.5 Å². The van der Waals surface area contributed by atoms with E-state index in [4.69, 9.17) is 5.73 Å². The Kier molecular flexibility index (Phi) is 7.79. The van der Waals surface area contributed by atoms with E-state index in [0.29, 0.717) is 5.56 Å². The number of aliphatic hydroxyl groups excluding tert-OH is 1. The minimum Gasteiger partial charge on any atom is -0.374 e. The van der Waals surface area contributed by atoms with Gasteiger partial charge in [0.1, 0.15) is 17.9 Å². The lowest BCUT2D eigenvalue weighted by Crippen LogP contribution is -2.49. The fraction of sp³-hybridized carbons (Fsp3) is 0.500. The fourth-order valence-electron chi connectivity index (χ4n) is 4.33. The van der Waals surface area contributed by atoms with E-state index >= 15 is 0 Å². The molecule has 0 radical (unpaired) electrons. The summed E-state index contributed by atoms with van der Waals surface area (Å²) in [6.45, 7) is 3.76. The van der Waals surface area contributed by atoms with Crippen molar-refractivity contribution in [2.24, 2.45) is 17.6 Å². The molecule has 5 N–H and O–H groups in total. The summed E-state index contributed by atoms with van der Waals surface area (Å²) in [5.74, 6) is -1.45. The molecule has 1 saturated carbocycles. The van der Waals surface area contributed by atoms with Gasteiger partial charge >= 0.3 is 0 Å². The van der Waals surface area contributed by atoms with Crippen molar-refractivity contribution < 1.29 is 18.7 Å². The van der Waals surface area contributed by atoms with Gasteiger partial charge < -0.3 is 21.5 Å². The molecule has 174 valence electrons. The lowest BCUT2D eigenvalue weighted by molar-refractivity contribution is -0.124. The summed E-state index contributed by atoms with van der Waals surface area (Å²) in [7, 11) is 0. The number of pyridine rings is 1. The number of anilines is 1. The number of hydrogen-bond acceptors (Lipinski definition) is 5. The normalized spacial score (nSPS) is 20.9. The van der Waals surface area contributed by atoms with Crippen molar-refractivity contribution in [1.82, 2.24) is 10.3 Å². The van der Waals surface area contributed by atoms with Gasteiger partial charge in [0.05, 0.1) is 6.04 Å². The Morgan fingerprint density at radius 2 is 1.78 bits per heavy atom. The fourth-order valence-corrected chi connectivity index (χ4v) is 4.33. The molecular weight excluding hydrogens is 414 g/mol. The number of nitrogens with two attached hydrogens (primary N) is 1. The van der Waals surface area contributed by atoms with E-state index in [1.54, 1.807) is 38.4 Å². The van der Waals surface area contributed by atoms with Crippen molar-refractivity contribution >= 4 is 11.6 Å². The van der Waals surface area contributed by atoms with Crippen molar-refractivity contribution in [3.63, 3.8) is 0 Å². The molecule has 1 heterocycles. The Morgan fingerprint density at radius 1 is 1.16 bits per heavy atom. The highest BCUT2D eigenvalue weighted by atomic mass is 19.1. The molecule has 1 aliphatic carbocycles. The van der Waals surface area contributed by atoms with Crippen LogP contribution < -0.4 is 16.4 Å². The first-order valence-corrected chi connectivity index (χ1v) is 11.0. The summed E-state index contributed by atoms with van der Waals surface area (Å²) in [6, 6.07) is 6.40. The third-order valence-electron chi connectivity index (χ3n) is 6.43. The highest BCUT2D eigenvalue weighted by Gasteiger charge is 2.33. The third kappa shape index (κ3) is 6.01. The van der Waals surface area contributed by atoms with Gasteiger partial charge in [-0.2, -0.15) is 0 Å². The number of rotatable bonds is 8. The number of nitrogens with one attached hydrogen (secondary N) is 2. The minimum absolute atomic E-state index is 0.0186. The monoisotopic (exact) mass is 446 g/mol. The molecule has 2 atom stereocenters. The van der Waals surface area contributed by atoms with Gasteiger partial charge in [0.25, 0.3) is 0 Å². The highest BCUT2D eigenvalue weighted by Crippen LogP contribution is 2.33. The second-order valence-electron chi connectivity index (χ2n) is 9.25. The topological polar surface area (TPSA) is 100 Å². The van der Waals surface area contributed by atoms with Gasteiger partial charge in [0, 0.05) is 42.0 Å². The zero-order valence-electron chi connectivity index (χ0n) is 18.5. The number of aromatic nitrogens is 1. The van der Waals surface area contributed by atoms with Crippen LogP contribution in [0, 0.1) is 23.5 Å². The highest BCUT2D eigenvalue weighted by molar-refractivity contribution is 5.82. The molecule has 2 unspecified atom stereocenters. The van der Waals surface area contributed by atoms with Gasteiger partial charge in [0.15, 0.2) is 0 Å². The number of benzene rings is 1. The maximum absolute atomic E-state index is 14.2. The molecule has 8 heteroatoms. The van der Waals surface area contributed by atoms with Gasteiger partial charge in [-0.1, -0.05) is 19.9 Å². The van der Waals surface area contributed by atoms with Crippen molar-refractivity contribution in [3.05, 3.63) is 59.9 Å². The van der Waals surface area contributed by atoms with Crippen LogP contribution in [-0.2, 0) is 10.2 Å². The Labute approximate surface area is 187 Å². The first-order valence-electron chi connectivity index (χ1n) is 11.0. The van der Waals surface area contributed by atoms with Crippen LogP contribution in [0.3, 0.4) is 0 Å². The molecule has 1 amide bonds. The maximum Gasteiger partial charge on any atom is 0.237 e. The number of carbonyl (C=O) groups is 1.